The lowest BCUT2D eigenvalue weighted by molar-refractivity contribution is 0.581. The minimum absolute atomic E-state index is 0.300. The first-order chi connectivity index (χ1) is 13.6. The molecule has 0 aliphatic carbocycles. The molecule has 2 N–H and O–H groups in total. The van der Waals surface area contributed by atoms with E-state index in [1.807, 2.05) is 12.1 Å². The summed E-state index contributed by atoms with van der Waals surface area (Å²) in [7, 11) is -3.47. The maximum absolute atomic E-state index is 12.4. The molecule has 0 aromatic heterocycles. The third-order valence-electron chi connectivity index (χ3n) is 5.19. The smallest absolute Gasteiger partial charge is 0.240 e. The summed E-state index contributed by atoms with van der Waals surface area (Å²) in [5, 5.41) is 5.81. The standard InChI is InChI=1S/C22H25N3O2S/c26-28(27,19-6-2-1-3-7-19)24-13-12-18-10-11-22(25-16-14-23-15-17-25)21-9-5-4-8-20(18)21/h1-11,23-24H,12-17H2. The molecular formula is C22H25N3O2S. The van der Waals surface area contributed by atoms with Gasteiger partial charge in [0.25, 0.3) is 0 Å². The summed E-state index contributed by atoms with van der Waals surface area (Å²) in [6.07, 6.45) is 0.647. The molecule has 0 spiro atoms. The molecule has 0 unspecified atom stereocenters. The first-order valence-corrected chi connectivity index (χ1v) is 11.1. The van der Waals surface area contributed by atoms with Crippen molar-refractivity contribution >= 4 is 26.5 Å². The van der Waals surface area contributed by atoms with Gasteiger partial charge in [0.15, 0.2) is 0 Å². The Kier molecular flexibility index (Phi) is 5.62. The summed E-state index contributed by atoms with van der Waals surface area (Å²) in [5.74, 6) is 0. The van der Waals surface area contributed by atoms with Crippen LogP contribution in [0.5, 0.6) is 0 Å². The first kappa shape index (κ1) is 18.9. The van der Waals surface area contributed by atoms with E-state index in [-0.39, 0.29) is 0 Å². The normalized spacial score (nSPS) is 15.1. The van der Waals surface area contributed by atoms with Crippen molar-refractivity contribution in [3.05, 3.63) is 72.3 Å². The fourth-order valence-corrected chi connectivity index (χ4v) is 4.80. The Morgan fingerprint density at radius 3 is 2.29 bits per heavy atom. The van der Waals surface area contributed by atoms with Crippen molar-refractivity contribution in [2.24, 2.45) is 0 Å². The SMILES string of the molecule is O=S(=O)(NCCc1ccc(N2CCNCC2)c2ccccc12)c1ccccc1. The lowest BCUT2D eigenvalue weighted by atomic mass is 10.00. The van der Waals surface area contributed by atoms with Crippen LogP contribution in [0.2, 0.25) is 0 Å². The molecule has 3 aromatic carbocycles. The van der Waals surface area contributed by atoms with E-state index in [2.05, 4.69) is 45.3 Å². The highest BCUT2D eigenvalue weighted by molar-refractivity contribution is 7.89. The highest BCUT2D eigenvalue weighted by atomic mass is 32.2. The molecule has 146 valence electrons. The Morgan fingerprint density at radius 1 is 0.857 bits per heavy atom. The molecule has 6 heteroatoms. The predicted molar refractivity (Wildman–Crippen MR) is 114 cm³/mol. The van der Waals surface area contributed by atoms with Gasteiger partial charge in [0.1, 0.15) is 0 Å². The molecule has 4 rings (SSSR count). The van der Waals surface area contributed by atoms with Gasteiger partial charge in [-0.3, -0.25) is 0 Å². The van der Waals surface area contributed by atoms with Crippen LogP contribution in [0.25, 0.3) is 10.8 Å². The molecule has 28 heavy (non-hydrogen) atoms. The van der Waals surface area contributed by atoms with Gasteiger partial charge in [-0.25, -0.2) is 13.1 Å². The number of sulfonamides is 1. The second-order valence-corrected chi connectivity index (χ2v) is 8.75. The van der Waals surface area contributed by atoms with Crippen molar-refractivity contribution < 1.29 is 8.42 Å². The Hall–Kier alpha value is -2.41. The first-order valence-electron chi connectivity index (χ1n) is 9.66. The maximum Gasteiger partial charge on any atom is 0.240 e. The van der Waals surface area contributed by atoms with E-state index in [1.165, 1.54) is 16.5 Å². The second kappa shape index (κ2) is 8.31. The summed E-state index contributed by atoms with van der Waals surface area (Å²) in [6, 6.07) is 21.2. The van der Waals surface area contributed by atoms with Gasteiger partial charge >= 0.3 is 0 Å². The minimum atomic E-state index is -3.47. The number of benzene rings is 3. The topological polar surface area (TPSA) is 61.4 Å². The Morgan fingerprint density at radius 2 is 1.54 bits per heavy atom. The average molecular weight is 396 g/mol. The molecule has 0 saturated carbocycles. The van der Waals surface area contributed by atoms with Crippen LogP contribution in [0.4, 0.5) is 5.69 Å². The van der Waals surface area contributed by atoms with Crippen LogP contribution in [0.1, 0.15) is 5.56 Å². The van der Waals surface area contributed by atoms with Gasteiger partial charge in [-0.05, 0) is 35.6 Å². The number of hydrogen-bond acceptors (Lipinski definition) is 4. The van der Waals surface area contributed by atoms with Gasteiger partial charge in [0, 0.05) is 43.8 Å². The van der Waals surface area contributed by atoms with Crippen molar-refractivity contribution in [3.63, 3.8) is 0 Å². The van der Waals surface area contributed by atoms with E-state index in [1.54, 1.807) is 24.3 Å². The third kappa shape index (κ3) is 4.04. The van der Waals surface area contributed by atoms with Crippen LogP contribution >= 0.6 is 0 Å². The lowest BCUT2D eigenvalue weighted by Gasteiger charge is -2.30. The molecule has 1 aliphatic heterocycles. The van der Waals surface area contributed by atoms with E-state index < -0.39 is 10.0 Å². The van der Waals surface area contributed by atoms with E-state index in [4.69, 9.17) is 0 Å². The van der Waals surface area contributed by atoms with E-state index in [0.717, 1.165) is 31.7 Å². The fraction of sp³-hybridized carbons (Fsp3) is 0.273. The number of nitrogens with zero attached hydrogens (tertiary/aromatic N) is 1. The van der Waals surface area contributed by atoms with Gasteiger partial charge in [-0.2, -0.15) is 0 Å². The number of fused-ring (bicyclic) bond motifs is 1. The second-order valence-electron chi connectivity index (χ2n) is 6.99. The summed E-state index contributed by atoms with van der Waals surface area (Å²) in [6.45, 7) is 4.36. The van der Waals surface area contributed by atoms with Gasteiger partial charge in [-0.15, -0.1) is 0 Å². The molecule has 1 saturated heterocycles. The molecule has 1 fully saturated rings. The number of anilines is 1. The van der Waals surface area contributed by atoms with Crippen LogP contribution in [-0.4, -0.2) is 41.1 Å². The molecule has 0 radical (unpaired) electrons. The maximum atomic E-state index is 12.4. The van der Waals surface area contributed by atoms with Crippen molar-refractivity contribution in [2.75, 3.05) is 37.6 Å². The molecule has 1 heterocycles. The molecule has 0 bridgehead atoms. The minimum Gasteiger partial charge on any atom is -0.368 e. The number of rotatable bonds is 6. The van der Waals surface area contributed by atoms with Crippen LogP contribution in [0.3, 0.4) is 0 Å². The lowest BCUT2D eigenvalue weighted by Crippen LogP contribution is -2.43. The molecule has 5 nitrogen and oxygen atoms in total. The molecule has 1 aliphatic rings. The average Bonchev–Trinajstić information content (AvgIpc) is 2.75. The van der Waals surface area contributed by atoms with Crippen molar-refractivity contribution in [1.29, 1.82) is 0 Å². The van der Waals surface area contributed by atoms with Crippen LogP contribution in [-0.2, 0) is 16.4 Å². The zero-order valence-electron chi connectivity index (χ0n) is 15.8. The van der Waals surface area contributed by atoms with Gasteiger partial charge in [0.05, 0.1) is 4.90 Å². The zero-order valence-corrected chi connectivity index (χ0v) is 16.6. The molecule has 3 aromatic rings. The highest BCUT2D eigenvalue weighted by Gasteiger charge is 2.16. The van der Waals surface area contributed by atoms with E-state index in [9.17, 15) is 8.42 Å². The zero-order chi connectivity index (χ0) is 19.4. The molecule has 0 amide bonds. The van der Waals surface area contributed by atoms with Crippen LogP contribution in [0, 0.1) is 0 Å². The molecular weight excluding hydrogens is 370 g/mol. The summed E-state index contributed by atoms with van der Waals surface area (Å²) >= 11 is 0. The van der Waals surface area contributed by atoms with E-state index in [0.29, 0.717) is 17.9 Å². The Bertz CT molecular complexity index is 1050. The fourth-order valence-electron chi connectivity index (χ4n) is 3.75. The van der Waals surface area contributed by atoms with Gasteiger partial charge < -0.3 is 10.2 Å². The monoisotopic (exact) mass is 395 g/mol. The van der Waals surface area contributed by atoms with Gasteiger partial charge in [-0.1, -0.05) is 48.5 Å². The Balaban J connectivity index is 1.53. The summed E-state index contributed by atoms with van der Waals surface area (Å²) < 4.78 is 27.6. The van der Waals surface area contributed by atoms with Crippen LogP contribution in [0.15, 0.2) is 71.6 Å². The quantitative estimate of drug-likeness (QED) is 0.674. The van der Waals surface area contributed by atoms with Crippen molar-refractivity contribution in [1.82, 2.24) is 10.0 Å². The number of hydrogen-bond donors (Lipinski definition) is 2. The summed E-state index contributed by atoms with van der Waals surface area (Å²) in [5.41, 5.74) is 2.41. The summed E-state index contributed by atoms with van der Waals surface area (Å²) in [4.78, 5) is 2.72. The highest BCUT2D eigenvalue weighted by Crippen LogP contribution is 2.30. The van der Waals surface area contributed by atoms with Crippen molar-refractivity contribution in [2.45, 2.75) is 11.3 Å². The third-order valence-corrected chi connectivity index (χ3v) is 6.67. The van der Waals surface area contributed by atoms with Crippen molar-refractivity contribution in [3.8, 4) is 0 Å². The van der Waals surface area contributed by atoms with Gasteiger partial charge in [0.2, 0.25) is 10.0 Å². The predicted octanol–water partition coefficient (Wildman–Crippen LogP) is 2.77. The number of nitrogens with one attached hydrogen (secondary N) is 2. The Labute approximate surface area is 166 Å². The van der Waals surface area contributed by atoms with Crippen LogP contribution < -0.4 is 14.9 Å². The largest absolute Gasteiger partial charge is 0.368 e. The molecule has 0 atom stereocenters. The van der Waals surface area contributed by atoms with E-state index >= 15 is 0 Å². The number of piperazine rings is 1.